The lowest BCUT2D eigenvalue weighted by Gasteiger charge is -2.11. The fourth-order valence-corrected chi connectivity index (χ4v) is 3.11. The molecule has 156 valence electrons. The number of ether oxygens (including phenoxy) is 3. The summed E-state index contributed by atoms with van der Waals surface area (Å²) < 4.78 is 17.2. The lowest BCUT2D eigenvalue weighted by atomic mass is 10.0. The molecule has 0 fully saturated rings. The van der Waals surface area contributed by atoms with Gasteiger partial charge in [-0.3, -0.25) is 0 Å². The van der Waals surface area contributed by atoms with Crippen molar-refractivity contribution in [3.8, 4) is 22.7 Å². The van der Waals surface area contributed by atoms with E-state index >= 15 is 0 Å². The Morgan fingerprint density at radius 1 is 1.00 bits per heavy atom. The topological polar surface area (TPSA) is 79.7 Å². The zero-order valence-corrected chi connectivity index (χ0v) is 17.5. The van der Waals surface area contributed by atoms with Crippen LogP contribution < -0.4 is 4.74 Å². The summed E-state index contributed by atoms with van der Waals surface area (Å²) in [5.41, 5.74) is 2.48. The highest BCUT2D eigenvalue weighted by atomic mass is 16.5. The minimum absolute atomic E-state index is 0.00602. The molecule has 0 saturated heterocycles. The first-order chi connectivity index (χ1) is 14.5. The second-order valence-electron chi connectivity index (χ2n) is 6.65. The van der Waals surface area contributed by atoms with E-state index in [-0.39, 0.29) is 11.3 Å². The predicted octanol–water partition coefficient (Wildman–Crippen LogP) is 4.21. The number of para-hydroxylation sites is 1. The molecule has 0 N–H and O–H groups in total. The maximum Gasteiger partial charge on any atom is 0.357 e. The number of aromatic nitrogens is 2. The summed E-state index contributed by atoms with van der Waals surface area (Å²) >= 11 is 0. The van der Waals surface area contributed by atoms with E-state index in [1.807, 2.05) is 50.2 Å². The molecule has 0 aliphatic heterocycles. The summed E-state index contributed by atoms with van der Waals surface area (Å²) in [6.07, 6.45) is 0.822. The van der Waals surface area contributed by atoms with Gasteiger partial charge in [-0.25, -0.2) is 14.3 Å². The van der Waals surface area contributed by atoms with Gasteiger partial charge in [0.05, 0.1) is 26.5 Å². The van der Waals surface area contributed by atoms with Gasteiger partial charge >= 0.3 is 11.9 Å². The van der Waals surface area contributed by atoms with Gasteiger partial charge in [-0.05, 0) is 37.6 Å². The molecule has 30 heavy (non-hydrogen) atoms. The maximum atomic E-state index is 12.8. The summed E-state index contributed by atoms with van der Waals surface area (Å²) in [5.74, 6) is -0.807. The molecule has 3 aromatic rings. The van der Waals surface area contributed by atoms with Crippen LogP contribution in [0.15, 0.2) is 48.5 Å². The predicted molar refractivity (Wildman–Crippen MR) is 112 cm³/mol. The third kappa shape index (κ3) is 4.05. The van der Waals surface area contributed by atoms with Gasteiger partial charge in [-0.15, -0.1) is 0 Å². The van der Waals surface area contributed by atoms with E-state index < -0.39 is 11.9 Å². The summed E-state index contributed by atoms with van der Waals surface area (Å²) in [4.78, 5) is 25.5. The van der Waals surface area contributed by atoms with Crippen LogP contribution in [-0.4, -0.2) is 42.5 Å². The summed E-state index contributed by atoms with van der Waals surface area (Å²) in [5, 5.41) is 4.63. The van der Waals surface area contributed by atoms with Gasteiger partial charge in [0, 0.05) is 5.56 Å². The van der Waals surface area contributed by atoms with Crippen molar-refractivity contribution in [2.75, 3.05) is 20.8 Å². The van der Waals surface area contributed by atoms with Crippen molar-refractivity contribution >= 4 is 11.9 Å². The van der Waals surface area contributed by atoms with Crippen molar-refractivity contribution in [2.45, 2.75) is 20.3 Å². The molecular formula is C23H24N2O5. The Balaban J connectivity index is 2.35. The molecule has 0 unspecified atom stereocenters. The van der Waals surface area contributed by atoms with Gasteiger partial charge in [0.25, 0.3) is 0 Å². The number of hydrogen-bond acceptors (Lipinski definition) is 6. The molecule has 1 aromatic heterocycles. The summed E-state index contributed by atoms with van der Waals surface area (Å²) in [6, 6.07) is 14.7. The van der Waals surface area contributed by atoms with Crippen molar-refractivity contribution in [1.29, 1.82) is 0 Å². The molecule has 7 nitrogen and oxygen atoms in total. The second kappa shape index (κ2) is 9.26. The molecule has 0 saturated carbocycles. The van der Waals surface area contributed by atoms with Crippen molar-refractivity contribution in [3.05, 3.63) is 65.4 Å². The van der Waals surface area contributed by atoms with Crippen molar-refractivity contribution < 1.29 is 23.8 Å². The highest BCUT2D eigenvalue weighted by molar-refractivity contribution is 6.07. The molecule has 7 heteroatoms. The molecule has 0 aliphatic carbocycles. The first-order valence-corrected chi connectivity index (χ1v) is 9.60. The number of carbonyl (C=O) groups excluding carboxylic acids is 2. The Labute approximate surface area is 175 Å². The van der Waals surface area contributed by atoms with Crippen LogP contribution in [0.4, 0.5) is 0 Å². The molecule has 2 aromatic carbocycles. The number of methoxy groups -OCH3 is 2. The van der Waals surface area contributed by atoms with E-state index in [0.29, 0.717) is 29.3 Å². The van der Waals surface area contributed by atoms with Gasteiger partial charge < -0.3 is 14.2 Å². The second-order valence-corrected chi connectivity index (χ2v) is 6.65. The summed E-state index contributed by atoms with van der Waals surface area (Å²) in [7, 11) is 2.52. The fourth-order valence-electron chi connectivity index (χ4n) is 3.11. The van der Waals surface area contributed by atoms with E-state index in [1.165, 1.54) is 18.9 Å². The van der Waals surface area contributed by atoms with E-state index in [1.54, 1.807) is 12.1 Å². The first kappa shape index (κ1) is 21.1. The van der Waals surface area contributed by atoms with Crippen LogP contribution >= 0.6 is 0 Å². The molecule has 0 bridgehead atoms. The molecular weight excluding hydrogens is 384 g/mol. The normalized spacial score (nSPS) is 10.5. The standard InChI is InChI=1S/C23H24N2O5/c1-5-13-30-18-12-11-15(2)14-17(18)20-19(22(26)28-3)21(23(27)29-4)25(24-20)16-9-7-6-8-10-16/h6-12,14H,5,13H2,1-4H3. The molecule has 0 amide bonds. The largest absolute Gasteiger partial charge is 0.493 e. The number of aryl methyl sites for hydroxylation is 1. The number of benzene rings is 2. The Bertz CT molecular complexity index is 1060. The quantitative estimate of drug-likeness (QED) is 0.545. The lowest BCUT2D eigenvalue weighted by Crippen LogP contribution is -2.15. The zero-order chi connectivity index (χ0) is 21.7. The smallest absolute Gasteiger partial charge is 0.357 e. The number of nitrogens with zero attached hydrogens (tertiary/aromatic N) is 2. The van der Waals surface area contributed by atoms with Crippen LogP contribution in [0, 0.1) is 6.92 Å². The van der Waals surface area contributed by atoms with Crippen LogP contribution in [0.1, 0.15) is 39.8 Å². The van der Waals surface area contributed by atoms with Gasteiger partial charge in [-0.1, -0.05) is 36.8 Å². The van der Waals surface area contributed by atoms with E-state index in [0.717, 1.165) is 12.0 Å². The van der Waals surface area contributed by atoms with Crippen molar-refractivity contribution in [3.63, 3.8) is 0 Å². The SMILES string of the molecule is CCCOc1ccc(C)cc1-c1nn(-c2ccccc2)c(C(=O)OC)c1C(=O)OC. The summed E-state index contributed by atoms with van der Waals surface area (Å²) in [6.45, 7) is 4.44. The number of carbonyl (C=O) groups is 2. The molecule has 1 heterocycles. The average molecular weight is 408 g/mol. The van der Waals surface area contributed by atoms with Gasteiger partial charge in [0.1, 0.15) is 17.0 Å². The zero-order valence-electron chi connectivity index (χ0n) is 17.5. The van der Waals surface area contributed by atoms with Gasteiger partial charge in [0.2, 0.25) is 0 Å². The molecule has 0 aliphatic rings. The van der Waals surface area contributed by atoms with Crippen LogP contribution in [0.5, 0.6) is 5.75 Å². The van der Waals surface area contributed by atoms with E-state index in [4.69, 9.17) is 14.2 Å². The first-order valence-electron chi connectivity index (χ1n) is 9.60. The number of rotatable bonds is 7. The third-order valence-electron chi connectivity index (χ3n) is 4.51. The minimum atomic E-state index is -0.693. The van der Waals surface area contributed by atoms with E-state index in [9.17, 15) is 9.59 Å². The molecule has 3 rings (SSSR count). The number of hydrogen-bond donors (Lipinski definition) is 0. The highest BCUT2D eigenvalue weighted by Crippen LogP contribution is 2.35. The average Bonchev–Trinajstić information content (AvgIpc) is 3.18. The minimum Gasteiger partial charge on any atom is -0.493 e. The Morgan fingerprint density at radius 2 is 1.70 bits per heavy atom. The highest BCUT2D eigenvalue weighted by Gasteiger charge is 2.32. The number of esters is 2. The fraction of sp³-hybridized carbons (Fsp3) is 0.261. The molecule has 0 spiro atoms. The maximum absolute atomic E-state index is 12.8. The Kier molecular flexibility index (Phi) is 6.51. The Hall–Kier alpha value is -3.61. The van der Waals surface area contributed by atoms with Crippen LogP contribution in [0.25, 0.3) is 16.9 Å². The van der Waals surface area contributed by atoms with Crippen LogP contribution in [-0.2, 0) is 9.47 Å². The van der Waals surface area contributed by atoms with E-state index in [2.05, 4.69) is 5.10 Å². The van der Waals surface area contributed by atoms with Crippen molar-refractivity contribution in [1.82, 2.24) is 9.78 Å². The van der Waals surface area contributed by atoms with Gasteiger partial charge in [-0.2, -0.15) is 5.10 Å². The van der Waals surface area contributed by atoms with Crippen LogP contribution in [0.3, 0.4) is 0 Å². The van der Waals surface area contributed by atoms with Crippen molar-refractivity contribution in [2.24, 2.45) is 0 Å². The monoisotopic (exact) mass is 408 g/mol. The molecule has 0 radical (unpaired) electrons. The van der Waals surface area contributed by atoms with Crippen LogP contribution in [0.2, 0.25) is 0 Å². The lowest BCUT2D eigenvalue weighted by molar-refractivity contribution is 0.0549. The Morgan fingerprint density at radius 3 is 2.33 bits per heavy atom. The van der Waals surface area contributed by atoms with Gasteiger partial charge in [0.15, 0.2) is 5.69 Å². The molecule has 0 atom stereocenters. The third-order valence-corrected chi connectivity index (χ3v) is 4.51.